The molecule has 0 saturated carbocycles. The van der Waals surface area contributed by atoms with Gasteiger partial charge in [-0.25, -0.2) is 0 Å². The molecule has 258 valence electrons. The van der Waals surface area contributed by atoms with Crippen LogP contribution in [0, 0.1) is 0 Å². The molecule has 0 aromatic heterocycles. The predicted octanol–water partition coefficient (Wildman–Crippen LogP) is 7.06. The summed E-state index contributed by atoms with van der Waals surface area (Å²) >= 11 is 0. The van der Waals surface area contributed by atoms with Crippen LogP contribution in [-0.4, -0.2) is 65.2 Å². The number of benzene rings is 4. The molecule has 49 heavy (non-hydrogen) atoms. The zero-order chi connectivity index (χ0) is 34.7. The summed E-state index contributed by atoms with van der Waals surface area (Å²) in [4.78, 5) is 27.6. The highest BCUT2D eigenvalue weighted by molar-refractivity contribution is 5.98. The van der Waals surface area contributed by atoms with Gasteiger partial charge in [-0.15, -0.1) is 0 Å². The number of nitrogens with one attached hydrogen (secondary N) is 1. The van der Waals surface area contributed by atoms with E-state index in [1.807, 2.05) is 36.4 Å². The largest absolute Gasteiger partial charge is 0.471 e. The van der Waals surface area contributed by atoms with Gasteiger partial charge in [0, 0.05) is 36.8 Å². The fraction of sp³-hybridized carbons (Fsp3) is 0.368. The van der Waals surface area contributed by atoms with Crippen molar-refractivity contribution >= 4 is 28.3 Å². The van der Waals surface area contributed by atoms with Crippen LogP contribution in [0.3, 0.4) is 0 Å². The van der Waals surface area contributed by atoms with Crippen molar-refractivity contribution in [3.05, 3.63) is 113 Å². The second kappa shape index (κ2) is 14.7. The van der Waals surface area contributed by atoms with E-state index in [1.165, 1.54) is 16.3 Å². The Balaban J connectivity index is 1.17. The summed E-state index contributed by atoms with van der Waals surface area (Å²) in [7, 11) is 2.07. The van der Waals surface area contributed by atoms with Crippen molar-refractivity contribution in [1.29, 1.82) is 0 Å². The summed E-state index contributed by atoms with van der Waals surface area (Å²) in [5.41, 5.74) is 4.04. The molecule has 2 heterocycles. The van der Waals surface area contributed by atoms with Crippen molar-refractivity contribution in [2.45, 2.75) is 69.6 Å². The van der Waals surface area contributed by atoms with Crippen LogP contribution in [0.2, 0.25) is 0 Å². The van der Waals surface area contributed by atoms with Crippen LogP contribution in [0.1, 0.15) is 66.9 Å². The van der Waals surface area contributed by atoms with Gasteiger partial charge in [-0.2, -0.15) is 13.2 Å². The Labute approximate surface area is 283 Å². The summed E-state index contributed by atoms with van der Waals surface area (Å²) in [6.07, 6.45) is -5.18. The van der Waals surface area contributed by atoms with E-state index >= 15 is 0 Å². The lowest BCUT2D eigenvalue weighted by atomic mass is 9.98. The average Bonchev–Trinajstić information content (AvgIpc) is 3.61. The molecular weight excluding hydrogens is 635 g/mol. The third-order valence-corrected chi connectivity index (χ3v) is 9.53. The molecule has 5 unspecified atom stereocenters. The van der Waals surface area contributed by atoms with Crippen molar-refractivity contribution < 1.29 is 37.3 Å². The Bertz CT molecular complexity index is 1770. The monoisotopic (exact) mass is 675 g/mol. The van der Waals surface area contributed by atoms with E-state index in [1.54, 1.807) is 24.3 Å². The lowest BCUT2D eigenvalue weighted by Crippen LogP contribution is -2.48. The van der Waals surface area contributed by atoms with Crippen molar-refractivity contribution in [3.8, 4) is 0 Å². The Morgan fingerprint density at radius 2 is 1.65 bits per heavy atom. The van der Waals surface area contributed by atoms with Crippen LogP contribution in [0.15, 0.2) is 91.0 Å². The topological polar surface area (TPSA) is 91.3 Å². The van der Waals surface area contributed by atoms with E-state index in [4.69, 9.17) is 9.47 Å². The lowest BCUT2D eigenvalue weighted by molar-refractivity contribution is -0.253. The highest BCUT2D eigenvalue weighted by Crippen LogP contribution is 2.39. The second-order valence-corrected chi connectivity index (χ2v) is 12.8. The van der Waals surface area contributed by atoms with Crippen LogP contribution in [0.25, 0.3) is 10.8 Å². The number of alkyl halides is 3. The number of aliphatic hydroxyl groups excluding tert-OH is 1. The summed E-state index contributed by atoms with van der Waals surface area (Å²) in [5, 5.41) is 14.6. The highest BCUT2D eigenvalue weighted by Gasteiger charge is 2.47. The Hall–Kier alpha value is -4.29. The summed E-state index contributed by atoms with van der Waals surface area (Å²) in [6, 6.07) is 28.2. The number of likely N-dealkylation sites (N-methyl/N-ethyl adjacent to an activating group) is 1. The molecule has 2 N–H and O–H groups in total. The fourth-order valence-electron chi connectivity index (χ4n) is 6.63. The maximum atomic E-state index is 13.1. The first-order chi connectivity index (χ1) is 23.5. The number of likely N-dealkylation sites (tertiary alicyclic amines) is 1. The first kappa shape index (κ1) is 34.6. The van der Waals surface area contributed by atoms with Crippen LogP contribution < -0.4 is 5.32 Å². The van der Waals surface area contributed by atoms with Crippen LogP contribution in [0.4, 0.5) is 18.9 Å². The van der Waals surface area contributed by atoms with E-state index in [-0.39, 0.29) is 37.8 Å². The van der Waals surface area contributed by atoms with E-state index in [2.05, 4.69) is 54.5 Å². The smallest absolute Gasteiger partial charge is 0.392 e. The molecule has 0 spiro atoms. The van der Waals surface area contributed by atoms with Gasteiger partial charge in [-0.3, -0.25) is 14.5 Å². The number of carbonyl (C=O) groups is 2. The highest BCUT2D eigenvalue weighted by atomic mass is 19.4. The standard InChI is InChI=1S/C38H40F3N3O5/c1-24(29-14-13-26-6-3-4-7-30(26)20-29)43(2)22-32-21-34(27-11-9-25(23-45)10-12-27)49-36(48-32)28-15-17-31(18-16-28)42-35(46)33-8-5-19-44(33)37(47)38(39,40)41/h3-4,6-7,9-18,20,24,32-34,36,45H,5,8,19,21-23H2,1-2H3,(H,42,46). The number of hydrogen-bond acceptors (Lipinski definition) is 6. The van der Waals surface area contributed by atoms with Crippen molar-refractivity contribution in [1.82, 2.24) is 9.80 Å². The summed E-state index contributed by atoms with van der Waals surface area (Å²) in [6.45, 7) is 2.62. The number of fused-ring (bicyclic) bond motifs is 1. The van der Waals surface area contributed by atoms with Crippen LogP contribution in [-0.2, 0) is 25.7 Å². The molecule has 0 aliphatic carbocycles. The lowest BCUT2D eigenvalue weighted by Gasteiger charge is -2.39. The molecule has 2 amide bonds. The number of nitrogens with zero attached hydrogens (tertiary/aromatic N) is 2. The first-order valence-electron chi connectivity index (χ1n) is 16.5. The Morgan fingerprint density at radius 1 is 0.959 bits per heavy atom. The van der Waals surface area contributed by atoms with E-state index in [0.29, 0.717) is 35.5 Å². The SMILES string of the molecule is CC(c1ccc2ccccc2c1)N(C)CC1CC(c2ccc(CO)cc2)OC(c2ccc(NC(=O)C3CCCN3C(=O)C(F)(F)F)cc2)O1. The van der Waals surface area contributed by atoms with Gasteiger partial charge < -0.3 is 24.8 Å². The average molecular weight is 676 g/mol. The van der Waals surface area contributed by atoms with Gasteiger partial charge in [0.05, 0.1) is 18.8 Å². The number of aliphatic hydroxyl groups is 1. The Morgan fingerprint density at radius 3 is 2.35 bits per heavy atom. The third-order valence-electron chi connectivity index (χ3n) is 9.53. The number of hydrogen-bond donors (Lipinski definition) is 2. The molecule has 0 radical (unpaired) electrons. The van der Waals surface area contributed by atoms with Gasteiger partial charge in [-0.1, -0.05) is 72.8 Å². The normalized spacial score (nSPS) is 22.0. The molecule has 2 aliphatic heterocycles. The summed E-state index contributed by atoms with van der Waals surface area (Å²) in [5.74, 6) is -2.66. The molecule has 4 aromatic carbocycles. The minimum atomic E-state index is -5.04. The zero-order valence-electron chi connectivity index (χ0n) is 27.4. The molecular formula is C38H40F3N3O5. The molecule has 0 bridgehead atoms. The number of rotatable bonds is 9. The van der Waals surface area contributed by atoms with Gasteiger partial charge in [0.2, 0.25) is 5.91 Å². The molecule has 2 saturated heterocycles. The van der Waals surface area contributed by atoms with Gasteiger partial charge in [0.25, 0.3) is 0 Å². The number of ether oxygens (including phenoxy) is 2. The van der Waals surface area contributed by atoms with Crippen LogP contribution in [0.5, 0.6) is 0 Å². The number of anilines is 1. The second-order valence-electron chi connectivity index (χ2n) is 12.8. The van der Waals surface area contributed by atoms with Crippen molar-refractivity contribution in [2.24, 2.45) is 0 Å². The quantitative estimate of drug-likeness (QED) is 0.198. The molecule has 2 fully saturated rings. The van der Waals surface area contributed by atoms with Gasteiger partial charge in [0.1, 0.15) is 6.04 Å². The zero-order valence-corrected chi connectivity index (χ0v) is 27.4. The number of carbonyl (C=O) groups excluding carboxylic acids is 2. The van der Waals surface area contributed by atoms with Gasteiger partial charge in [0.15, 0.2) is 6.29 Å². The van der Waals surface area contributed by atoms with Gasteiger partial charge >= 0.3 is 12.1 Å². The fourth-order valence-corrected chi connectivity index (χ4v) is 6.63. The third kappa shape index (κ3) is 7.96. The minimum Gasteiger partial charge on any atom is -0.392 e. The summed E-state index contributed by atoms with van der Waals surface area (Å²) < 4.78 is 52.2. The molecule has 4 aromatic rings. The predicted molar refractivity (Wildman–Crippen MR) is 179 cm³/mol. The molecule has 8 nitrogen and oxygen atoms in total. The molecule has 6 rings (SSSR count). The minimum absolute atomic E-state index is 0.0576. The molecule has 2 aliphatic rings. The number of amides is 2. The van der Waals surface area contributed by atoms with Crippen molar-refractivity contribution in [3.63, 3.8) is 0 Å². The van der Waals surface area contributed by atoms with E-state index in [9.17, 15) is 27.9 Å². The van der Waals surface area contributed by atoms with Crippen LogP contribution >= 0.6 is 0 Å². The maximum absolute atomic E-state index is 13.1. The maximum Gasteiger partial charge on any atom is 0.471 e. The first-order valence-corrected chi connectivity index (χ1v) is 16.5. The van der Waals surface area contributed by atoms with E-state index < -0.39 is 30.3 Å². The molecule has 11 heteroatoms. The van der Waals surface area contributed by atoms with E-state index in [0.717, 1.165) is 11.1 Å². The van der Waals surface area contributed by atoms with Gasteiger partial charge in [-0.05, 0) is 72.5 Å². The Kier molecular flexibility index (Phi) is 10.4. The molecule has 5 atom stereocenters. The van der Waals surface area contributed by atoms with Crippen molar-refractivity contribution in [2.75, 3.05) is 25.5 Å². The number of halogens is 3.